The molecule has 0 amide bonds. The molecule has 0 nitrogen and oxygen atoms in total. The van der Waals surface area contributed by atoms with Gasteiger partial charge in [0.15, 0.2) is 0 Å². The number of hydrogen-bond acceptors (Lipinski definition) is 0. The molecule has 0 radical (unpaired) electrons. The third-order valence-corrected chi connectivity index (χ3v) is 6.20. The van der Waals surface area contributed by atoms with Crippen molar-refractivity contribution in [2.45, 2.75) is 38.5 Å². The van der Waals surface area contributed by atoms with E-state index in [1.807, 2.05) is 18.2 Å². The molecule has 1 atom stereocenters. The minimum absolute atomic E-state index is 0.0378. The average Bonchev–Trinajstić information content (AvgIpc) is 2.78. The number of benzene rings is 4. The van der Waals surface area contributed by atoms with E-state index in [4.69, 9.17) is 11.6 Å². The smallest absolute Gasteiger partial charge is 0.142 e. The lowest BCUT2D eigenvalue weighted by Crippen LogP contribution is -2.04. The Hall–Kier alpha value is -2.71. The second kappa shape index (κ2) is 9.62. The summed E-state index contributed by atoms with van der Waals surface area (Å²) in [6.07, 6.45) is 4.04. The van der Waals surface area contributed by atoms with Gasteiger partial charge in [-0.2, -0.15) is 0 Å². The van der Waals surface area contributed by atoms with Crippen molar-refractivity contribution in [1.82, 2.24) is 0 Å². The third-order valence-electron chi connectivity index (χ3n) is 5.90. The number of fused-ring (bicyclic) bond motifs is 1. The number of halogens is 3. The second-order valence-electron chi connectivity index (χ2n) is 8.09. The summed E-state index contributed by atoms with van der Waals surface area (Å²) >= 11 is 5.77. The molecule has 31 heavy (non-hydrogen) atoms. The Morgan fingerprint density at radius 3 is 2.35 bits per heavy atom. The zero-order chi connectivity index (χ0) is 21.8. The van der Waals surface area contributed by atoms with Crippen LogP contribution in [0.3, 0.4) is 0 Å². The molecule has 1 unspecified atom stereocenters. The van der Waals surface area contributed by atoms with Gasteiger partial charge in [0, 0.05) is 5.56 Å². The van der Waals surface area contributed by atoms with Crippen molar-refractivity contribution in [3.05, 3.63) is 107 Å². The Balaban J connectivity index is 1.63. The summed E-state index contributed by atoms with van der Waals surface area (Å²) in [6, 6.07) is 24.6. The summed E-state index contributed by atoms with van der Waals surface area (Å²) in [5.41, 5.74) is 3.12. The van der Waals surface area contributed by atoms with E-state index in [0.29, 0.717) is 11.1 Å². The first-order chi connectivity index (χ1) is 15.0. The zero-order valence-corrected chi connectivity index (χ0v) is 18.3. The van der Waals surface area contributed by atoms with Gasteiger partial charge in [-0.15, -0.1) is 0 Å². The molecule has 0 aromatic heterocycles. The van der Waals surface area contributed by atoms with Gasteiger partial charge in [-0.3, -0.25) is 0 Å². The van der Waals surface area contributed by atoms with Crippen LogP contribution in [0.4, 0.5) is 8.78 Å². The van der Waals surface area contributed by atoms with Crippen molar-refractivity contribution in [3.63, 3.8) is 0 Å². The number of unbranched alkanes of at least 4 members (excludes halogenated alkanes) is 1. The van der Waals surface area contributed by atoms with Crippen LogP contribution in [0, 0.1) is 11.6 Å². The Bertz CT molecular complexity index is 1200. The minimum atomic E-state index is -0.542. The fraction of sp³-hybridized carbons (Fsp3) is 0.214. The molecule has 0 heterocycles. The zero-order valence-electron chi connectivity index (χ0n) is 17.5. The maximum atomic E-state index is 15.0. The molecule has 4 aromatic carbocycles. The van der Waals surface area contributed by atoms with E-state index in [9.17, 15) is 4.39 Å². The quantitative estimate of drug-likeness (QED) is 0.272. The summed E-state index contributed by atoms with van der Waals surface area (Å²) in [6.45, 7) is 2.17. The Morgan fingerprint density at radius 2 is 1.61 bits per heavy atom. The lowest BCUT2D eigenvalue weighted by atomic mass is 9.86. The van der Waals surface area contributed by atoms with E-state index >= 15 is 4.39 Å². The predicted octanol–water partition coefficient (Wildman–Crippen LogP) is 8.95. The van der Waals surface area contributed by atoms with Crippen LogP contribution in [0.5, 0.6) is 0 Å². The molecule has 0 saturated carbocycles. The van der Waals surface area contributed by atoms with Crippen molar-refractivity contribution in [3.8, 4) is 11.1 Å². The maximum Gasteiger partial charge on any atom is 0.142 e. The third kappa shape index (κ3) is 4.97. The SMILES string of the molecule is CCCCC(Cc1ccc2ccccc2c1)c1ccc(-c2ccc(Cl)c(F)c2)c(F)c1. The second-order valence-corrected chi connectivity index (χ2v) is 8.50. The average molecular weight is 435 g/mol. The van der Waals surface area contributed by atoms with Gasteiger partial charge >= 0.3 is 0 Å². The highest BCUT2D eigenvalue weighted by Crippen LogP contribution is 2.32. The van der Waals surface area contributed by atoms with Crippen LogP contribution in [-0.2, 0) is 6.42 Å². The molecule has 0 spiro atoms. The Kier molecular flexibility index (Phi) is 6.67. The van der Waals surface area contributed by atoms with Crippen molar-refractivity contribution >= 4 is 22.4 Å². The molecule has 0 aliphatic rings. The van der Waals surface area contributed by atoms with Crippen LogP contribution >= 0.6 is 11.6 Å². The van der Waals surface area contributed by atoms with Crippen LogP contribution in [0.15, 0.2) is 78.9 Å². The number of hydrogen-bond donors (Lipinski definition) is 0. The molecule has 0 N–H and O–H groups in total. The van der Waals surface area contributed by atoms with Crippen LogP contribution in [0.2, 0.25) is 5.02 Å². The van der Waals surface area contributed by atoms with Gasteiger partial charge in [-0.05, 0) is 64.4 Å². The van der Waals surface area contributed by atoms with E-state index in [1.54, 1.807) is 18.2 Å². The molecule has 0 aliphatic carbocycles. The molecule has 0 fully saturated rings. The highest BCUT2D eigenvalue weighted by molar-refractivity contribution is 6.30. The van der Waals surface area contributed by atoms with Gasteiger partial charge in [0.25, 0.3) is 0 Å². The summed E-state index contributed by atoms with van der Waals surface area (Å²) in [7, 11) is 0. The monoisotopic (exact) mass is 434 g/mol. The fourth-order valence-corrected chi connectivity index (χ4v) is 4.29. The van der Waals surface area contributed by atoms with Crippen LogP contribution in [0.25, 0.3) is 21.9 Å². The maximum absolute atomic E-state index is 15.0. The lowest BCUT2D eigenvalue weighted by Gasteiger charge is -2.19. The standard InChI is InChI=1S/C28H25ClF2/c1-2-3-6-22(16-19-9-10-20-7-4-5-8-21(20)15-19)23-11-13-25(27(30)17-23)24-12-14-26(29)28(31)18-24/h4-5,7-15,17-18,22H,2-3,6,16H2,1H3. The van der Waals surface area contributed by atoms with Gasteiger partial charge in [-0.25, -0.2) is 8.78 Å². The molecule has 3 heteroatoms. The van der Waals surface area contributed by atoms with E-state index in [0.717, 1.165) is 31.2 Å². The normalized spacial score (nSPS) is 12.3. The molecule has 0 bridgehead atoms. The van der Waals surface area contributed by atoms with E-state index in [-0.39, 0.29) is 16.8 Å². The summed E-state index contributed by atoms with van der Waals surface area (Å²) in [4.78, 5) is 0. The van der Waals surface area contributed by atoms with Crippen molar-refractivity contribution < 1.29 is 8.78 Å². The summed E-state index contributed by atoms with van der Waals surface area (Å²) < 4.78 is 28.9. The van der Waals surface area contributed by atoms with Gasteiger partial charge in [0.05, 0.1) is 5.02 Å². The first-order valence-electron chi connectivity index (χ1n) is 10.8. The van der Waals surface area contributed by atoms with E-state index in [1.165, 1.54) is 28.5 Å². The van der Waals surface area contributed by atoms with Crippen molar-refractivity contribution in [2.24, 2.45) is 0 Å². The molecule has 4 rings (SSSR count). The summed E-state index contributed by atoms with van der Waals surface area (Å²) in [5, 5.41) is 2.48. The van der Waals surface area contributed by atoms with Gasteiger partial charge < -0.3 is 0 Å². The van der Waals surface area contributed by atoms with Crippen LogP contribution in [0.1, 0.15) is 43.2 Å². The molecular weight excluding hydrogens is 410 g/mol. The highest BCUT2D eigenvalue weighted by Gasteiger charge is 2.16. The lowest BCUT2D eigenvalue weighted by molar-refractivity contribution is 0.572. The van der Waals surface area contributed by atoms with Crippen LogP contribution in [-0.4, -0.2) is 0 Å². The largest absolute Gasteiger partial charge is 0.206 e. The minimum Gasteiger partial charge on any atom is -0.206 e. The van der Waals surface area contributed by atoms with Crippen LogP contribution < -0.4 is 0 Å². The molecular formula is C28H25ClF2. The summed E-state index contributed by atoms with van der Waals surface area (Å²) in [5.74, 6) is -0.648. The van der Waals surface area contributed by atoms with Gasteiger partial charge in [0.1, 0.15) is 11.6 Å². The molecule has 0 saturated heterocycles. The van der Waals surface area contributed by atoms with E-state index in [2.05, 4.69) is 37.3 Å². The molecule has 0 aliphatic heterocycles. The Morgan fingerprint density at radius 1 is 0.806 bits per heavy atom. The first-order valence-corrected chi connectivity index (χ1v) is 11.2. The number of rotatable bonds is 7. The first kappa shape index (κ1) is 21.5. The van der Waals surface area contributed by atoms with E-state index < -0.39 is 5.82 Å². The van der Waals surface area contributed by atoms with Crippen molar-refractivity contribution in [2.75, 3.05) is 0 Å². The Labute approximate surface area is 187 Å². The van der Waals surface area contributed by atoms with Gasteiger partial charge in [-0.1, -0.05) is 92.0 Å². The van der Waals surface area contributed by atoms with Gasteiger partial charge in [0.2, 0.25) is 0 Å². The fourth-order valence-electron chi connectivity index (χ4n) is 4.17. The molecule has 158 valence electrons. The van der Waals surface area contributed by atoms with Crippen molar-refractivity contribution in [1.29, 1.82) is 0 Å². The highest BCUT2D eigenvalue weighted by atomic mass is 35.5. The predicted molar refractivity (Wildman–Crippen MR) is 127 cm³/mol. The topological polar surface area (TPSA) is 0 Å². The molecule has 4 aromatic rings.